The lowest BCUT2D eigenvalue weighted by atomic mass is 9.83. The van der Waals surface area contributed by atoms with Crippen LogP contribution in [0.5, 0.6) is 5.75 Å². The highest BCUT2D eigenvalue weighted by atomic mass is 16.5. The quantitative estimate of drug-likeness (QED) is 0.399. The Hall–Kier alpha value is -3.12. The first-order valence-electron chi connectivity index (χ1n) is 9.75. The molecule has 0 spiro atoms. The molecule has 1 saturated heterocycles. The van der Waals surface area contributed by atoms with Crippen molar-refractivity contribution in [3.63, 3.8) is 0 Å². The molecule has 0 aliphatic carbocycles. The van der Waals surface area contributed by atoms with Crippen LogP contribution in [-0.4, -0.2) is 40.0 Å². The molecule has 0 unspecified atom stereocenters. The summed E-state index contributed by atoms with van der Waals surface area (Å²) in [6, 6.07) is 9.92. The van der Waals surface area contributed by atoms with Gasteiger partial charge in [0.2, 0.25) is 5.91 Å². The number of oxime groups is 1. The van der Waals surface area contributed by atoms with Gasteiger partial charge in [-0.2, -0.15) is 0 Å². The number of carbonyl (C=O) groups excluding carboxylic acids is 1. The minimum absolute atomic E-state index is 0.0814. The molecular weight excluding hydrogens is 368 g/mol. The first-order chi connectivity index (χ1) is 14.1. The summed E-state index contributed by atoms with van der Waals surface area (Å²) in [5, 5.41) is 27.4. The molecule has 0 saturated carbocycles. The van der Waals surface area contributed by atoms with E-state index in [1.54, 1.807) is 7.11 Å². The maximum Gasteiger partial charge on any atom is 0.223 e. The van der Waals surface area contributed by atoms with Crippen LogP contribution < -0.4 is 4.74 Å². The number of aryl methyl sites for hydroxylation is 1. The van der Waals surface area contributed by atoms with E-state index >= 15 is 0 Å². The van der Waals surface area contributed by atoms with Crippen LogP contribution in [0.15, 0.2) is 35.5 Å². The van der Waals surface area contributed by atoms with Crippen LogP contribution in [0, 0.1) is 6.92 Å². The molecule has 2 heterocycles. The highest BCUT2D eigenvalue weighted by Gasteiger charge is 2.41. The second-order valence-electron chi connectivity index (χ2n) is 7.83. The largest absolute Gasteiger partial charge is 0.496 e. The number of benzene rings is 3. The fourth-order valence-corrected chi connectivity index (χ4v) is 4.93. The molecule has 1 fully saturated rings. The van der Waals surface area contributed by atoms with Crippen molar-refractivity contribution >= 4 is 33.2 Å². The van der Waals surface area contributed by atoms with Crippen LogP contribution >= 0.6 is 0 Å². The molecule has 6 nitrogen and oxygen atoms in total. The zero-order valence-electron chi connectivity index (χ0n) is 16.4. The van der Waals surface area contributed by atoms with Crippen LogP contribution in [0.4, 0.5) is 0 Å². The molecule has 0 aromatic heterocycles. The molecule has 0 bridgehead atoms. The number of aliphatic hydroxyl groups is 1. The normalized spacial score (nSPS) is 19.8. The van der Waals surface area contributed by atoms with E-state index in [-0.39, 0.29) is 18.6 Å². The van der Waals surface area contributed by atoms with E-state index < -0.39 is 0 Å². The van der Waals surface area contributed by atoms with Crippen molar-refractivity contribution in [1.82, 2.24) is 4.90 Å². The highest BCUT2D eigenvalue weighted by Crippen LogP contribution is 2.42. The number of aliphatic hydroxyl groups excluding tert-OH is 1. The summed E-state index contributed by atoms with van der Waals surface area (Å²) in [5.74, 6) is 0.685. The van der Waals surface area contributed by atoms with Gasteiger partial charge in [0, 0.05) is 24.1 Å². The highest BCUT2D eigenvalue weighted by molar-refractivity contribution is 6.23. The zero-order valence-corrected chi connectivity index (χ0v) is 16.4. The summed E-state index contributed by atoms with van der Waals surface area (Å²) in [6.45, 7) is 2.39. The summed E-state index contributed by atoms with van der Waals surface area (Å²) in [4.78, 5) is 14.3. The molecule has 6 heteroatoms. The van der Waals surface area contributed by atoms with Crippen molar-refractivity contribution in [3.8, 4) is 5.75 Å². The van der Waals surface area contributed by atoms with Gasteiger partial charge in [0.05, 0.1) is 19.8 Å². The molecule has 0 radical (unpaired) electrons. The molecule has 3 aromatic carbocycles. The third kappa shape index (κ3) is 2.45. The average Bonchev–Trinajstić information content (AvgIpc) is 3.11. The Balaban J connectivity index is 1.96. The van der Waals surface area contributed by atoms with Gasteiger partial charge in [-0.05, 0) is 52.6 Å². The smallest absolute Gasteiger partial charge is 0.223 e. The molecule has 1 atom stereocenters. The van der Waals surface area contributed by atoms with Gasteiger partial charge in [0.25, 0.3) is 0 Å². The number of nitrogens with zero attached hydrogens (tertiary/aromatic N) is 2. The molecule has 5 rings (SSSR count). The zero-order chi connectivity index (χ0) is 20.3. The predicted octanol–water partition coefficient (Wildman–Crippen LogP) is 3.49. The minimum atomic E-state index is -0.194. The minimum Gasteiger partial charge on any atom is -0.496 e. The van der Waals surface area contributed by atoms with E-state index in [1.165, 1.54) is 0 Å². The number of methoxy groups -OCH3 is 1. The van der Waals surface area contributed by atoms with Crippen LogP contribution in [0.1, 0.15) is 35.1 Å². The summed E-state index contributed by atoms with van der Waals surface area (Å²) in [5.41, 5.74) is 4.25. The molecule has 2 N–H and O–H groups in total. The number of rotatable bonds is 2. The number of hydrogen-bond donors (Lipinski definition) is 2. The summed E-state index contributed by atoms with van der Waals surface area (Å²) >= 11 is 0. The number of ether oxygens (including phenoxy) is 1. The summed E-state index contributed by atoms with van der Waals surface area (Å²) in [7, 11) is 1.58. The Morgan fingerprint density at radius 2 is 1.97 bits per heavy atom. The van der Waals surface area contributed by atoms with Gasteiger partial charge in [-0.25, -0.2) is 0 Å². The lowest BCUT2D eigenvalue weighted by Crippen LogP contribution is -2.43. The molecule has 148 valence electrons. The van der Waals surface area contributed by atoms with E-state index in [0.717, 1.165) is 38.2 Å². The standard InChI is InChI=1S/C23H22N2O4/c1-12-3-4-14-15(7-12)16-8-13(11-26)20(29-2)9-17(16)18-10-25-19(5-6-21(25)27)23(24-28)22(14)18/h3-4,7-9,19,26,28H,5-6,10-11H2,1-2H3/t19-/m0/s1. The van der Waals surface area contributed by atoms with Gasteiger partial charge in [-0.1, -0.05) is 28.9 Å². The van der Waals surface area contributed by atoms with Crippen molar-refractivity contribution in [2.75, 3.05) is 7.11 Å². The van der Waals surface area contributed by atoms with Gasteiger partial charge in [-0.3, -0.25) is 4.79 Å². The first-order valence-corrected chi connectivity index (χ1v) is 9.75. The van der Waals surface area contributed by atoms with Crippen molar-refractivity contribution in [2.24, 2.45) is 5.16 Å². The van der Waals surface area contributed by atoms with Crippen molar-refractivity contribution in [1.29, 1.82) is 0 Å². The number of carbonyl (C=O) groups is 1. The average molecular weight is 390 g/mol. The van der Waals surface area contributed by atoms with Gasteiger partial charge in [0.1, 0.15) is 11.5 Å². The number of fused-ring (bicyclic) bond motifs is 7. The third-order valence-corrected chi connectivity index (χ3v) is 6.29. The van der Waals surface area contributed by atoms with Crippen LogP contribution in [0.25, 0.3) is 21.5 Å². The second-order valence-corrected chi connectivity index (χ2v) is 7.83. The predicted molar refractivity (Wildman–Crippen MR) is 111 cm³/mol. The van der Waals surface area contributed by atoms with Crippen LogP contribution in [0.2, 0.25) is 0 Å². The second kappa shape index (κ2) is 6.46. The lowest BCUT2D eigenvalue weighted by Gasteiger charge is -2.34. The number of amides is 1. The van der Waals surface area contributed by atoms with Crippen molar-refractivity contribution in [3.05, 3.63) is 52.6 Å². The molecule has 29 heavy (non-hydrogen) atoms. The molecular formula is C23H22N2O4. The number of hydrogen-bond acceptors (Lipinski definition) is 5. The van der Waals surface area contributed by atoms with E-state index in [0.29, 0.717) is 36.4 Å². The third-order valence-electron chi connectivity index (χ3n) is 6.29. The fourth-order valence-electron chi connectivity index (χ4n) is 4.93. The van der Waals surface area contributed by atoms with E-state index in [4.69, 9.17) is 4.74 Å². The van der Waals surface area contributed by atoms with Gasteiger partial charge in [0.15, 0.2) is 0 Å². The van der Waals surface area contributed by atoms with Gasteiger partial charge < -0.3 is 20.0 Å². The van der Waals surface area contributed by atoms with Crippen molar-refractivity contribution in [2.45, 2.75) is 39.0 Å². The SMILES string of the molecule is COc1cc2c3c(c4ccc(C)cc4c2cc1CO)C(=NO)[C@@H]1CCC(=O)N1C3. The Morgan fingerprint density at radius 3 is 2.69 bits per heavy atom. The monoisotopic (exact) mass is 390 g/mol. The van der Waals surface area contributed by atoms with Crippen LogP contribution in [0.3, 0.4) is 0 Å². The topological polar surface area (TPSA) is 82.4 Å². The van der Waals surface area contributed by atoms with Crippen LogP contribution in [-0.2, 0) is 17.9 Å². The van der Waals surface area contributed by atoms with Gasteiger partial charge >= 0.3 is 0 Å². The van der Waals surface area contributed by atoms with Gasteiger partial charge in [-0.15, -0.1) is 0 Å². The van der Waals surface area contributed by atoms with Crippen molar-refractivity contribution < 1.29 is 19.8 Å². The maximum absolute atomic E-state index is 12.5. The Morgan fingerprint density at radius 1 is 1.17 bits per heavy atom. The van der Waals surface area contributed by atoms with E-state index in [1.807, 2.05) is 30.0 Å². The molecule has 2 aliphatic heterocycles. The fraction of sp³-hybridized carbons (Fsp3) is 0.304. The maximum atomic E-state index is 12.5. The first kappa shape index (κ1) is 17.9. The Labute approximate surface area is 168 Å². The van der Waals surface area contributed by atoms with E-state index in [2.05, 4.69) is 17.3 Å². The molecule has 3 aromatic rings. The molecule has 2 aliphatic rings. The Kier molecular flexibility index (Phi) is 3.99. The Bertz CT molecular complexity index is 1210. The van der Waals surface area contributed by atoms with E-state index in [9.17, 15) is 15.1 Å². The molecule has 1 amide bonds. The summed E-state index contributed by atoms with van der Waals surface area (Å²) < 4.78 is 5.51. The summed E-state index contributed by atoms with van der Waals surface area (Å²) in [6.07, 6.45) is 1.13. The lowest BCUT2D eigenvalue weighted by molar-refractivity contribution is -0.128.